The first-order chi connectivity index (χ1) is 18.5. The molecule has 0 heterocycles. The Hall–Kier alpha value is -1.68. The Morgan fingerprint density at radius 3 is 2.62 bits per heavy atom. The van der Waals surface area contributed by atoms with E-state index in [1.165, 1.54) is 6.07 Å². The summed E-state index contributed by atoms with van der Waals surface area (Å²) in [6.07, 6.45) is 5.55. The molecule has 4 aliphatic rings. The zero-order chi connectivity index (χ0) is 28.1. The molecule has 9 heteroatoms. The minimum absolute atomic E-state index is 0.0460. The molecule has 0 radical (unpaired) electrons. The van der Waals surface area contributed by atoms with Crippen molar-refractivity contribution in [1.29, 1.82) is 0 Å². The van der Waals surface area contributed by atoms with Gasteiger partial charge in [-0.1, -0.05) is 32.9 Å². The quantitative estimate of drug-likeness (QED) is 0.225. The third-order valence-electron chi connectivity index (χ3n) is 11.6. The van der Waals surface area contributed by atoms with Crippen LogP contribution in [0.4, 0.5) is 5.69 Å². The summed E-state index contributed by atoms with van der Waals surface area (Å²) in [5.74, 6) is 0.967. The van der Waals surface area contributed by atoms with E-state index in [1.807, 2.05) is 0 Å². The molecule has 8 nitrogen and oxygen atoms in total. The van der Waals surface area contributed by atoms with Crippen LogP contribution in [0.5, 0.6) is 0 Å². The fraction of sp³-hybridized carbons (Fsp3) is 0.767. The number of hydrogen-bond donors (Lipinski definition) is 3. The Labute approximate surface area is 235 Å². The number of nitro groups is 1. The standard InChI is InChI=1S/C30H43NO7S/c1-17(8-11-27(35)38-39-25-7-5-4-6-23(25)31(36)37)20-9-10-21-28-22(16-26(34)30(20,21)3)29(2)13-12-19(32)14-18(29)15-24(28)33/h4-7,17-22,24,26,28,32-34H,8-16H2,1-3H3/t17-,18+,19-,20-,21+,22+,24-,26+,28+,29+,30-/m1/s1. The molecular formula is C30H43NO7S. The summed E-state index contributed by atoms with van der Waals surface area (Å²) in [7, 11) is 0. The van der Waals surface area contributed by atoms with Gasteiger partial charge in [0, 0.05) is 12.5 Å². The lowest BCUT2D eigenvalue weighted by molar-refractivity contribution is -0.387. The number of para-hydroxylation sites is 1. The van der Waals surface area contributed by atoms with E-state index >= 15 is 0 Å². The zero-order valence-electron chi connectivity index (χ0n) is 23.2. The van der Waals surface area contributed by atoms with Gasteiger partial charge in [0.05, 0.1) is 23.2 Å². The number of carbonyl (C=O) groups is 1. The van der Waals surface area contributed by atoms with Gasteiger partial charge in [-0.2, -0.15) is 0 Å². The smallest absolute Gasteiger partial charge is 0.318 e. The van der Waals surface area contributed by atoms with Crippen molar-refractivity contribution in [3.05, 3.63) is 34.4 Å². The summed E-state index contributed by atoms with van der Waals surface area (Å²) >= 11 is 0.732. The Bertz CT molecular complexity index is 1090. The van der Waals surface area contributed by atoms with E-state index < -0.39 is 23.1 Å². The highest BCUT2D eigenvalue weighted by molar-refractivity contribution is 7.95. The number of fused-ring (bicyclic) bond motifs is 5. The van der Waals surface area contributed by atoms with Crippen LogP contribution in [0.3, 0.4) is 0 Å². The molecule has 0 spiro atoms. The molecule has 0 saturated heterocycles. The van der Waals surface area contributed by atoms with Crippen molar-refractivity contribution in [1.82, 2.24) is 0 Å². The summed E-state index contributed by atoms with van der Waals surface area (Å²) in [6, 6.07) is 6.20. The lowest BCUT2D eigenvalue weighted by atomic mass is 9.43. The molecule has 0 unspecified atom stereocenters. The fourth-order valence-corrected chi connectivity index (χ4v) is 10.1. The number of hydrogen-bond acceptors (Lipinski definition) is 8. The number of carbonyl (C=O) groups excluding carboxylic acids is 1. The van der Waals surface area contributed by atoms with Crippen LogP contribution in [-0.2, 0) is 8.98 Å². The predicted molar refractivity (Wildman–Crippen MR) is 147 cm³/mol. The van der Waals surface area contributed by atoms with Gasteiger partial charge in [-0.05, 0) is 104 Å². The Kier molecular flexibility index (Phi) is 8.10. The summed E-state index contributed by atoms with van der Waals surface area (Å²) in [4.78, 5) is 23.6. The lowest BCUT2D eigenvalue weighted by Gasteiger charge is -2.63. The Balaban J connectivity index is 1.23. The van der Waals surface area contributed by atoms with Crippen LogP contribution < -0.4 is 0 Å². The van der Waals surface area contributed by atoms with E-state index in [-0.39, 0.29) is 58.6 Å². The molecular weight excluding hydrogens is 518 g/mol. The minimum atomic E-state index is -0.489. The van der Waals surface area contributed by atoms with Crippen molar-refractivity contribution in [3.63, 3.8) is 0 Å². The van der Waals surface area contributed by atoms with Crippen molar-refractivity contribution in [3.8, 4) is 0 Å². The van der Waals surface area contributed by atoms with Crippen LogP contribution in [0, 0.1) is 56.5 Å². The number of nitrogens with zero attached hydrogens (tertiary/aromatic N) is 1. The van der Waals surface area contributed by atoms with Gasteiger partial charge in [-0.3, -0.25) is 14.9 Å². The minimum Gasteiger partial charge on any atom is -0.393 e. The van der Waals surface area contributed by atoms with E-state index in [0.29, 0.717) is 23.7 Å². The maximum absolute atomic E-state index is 12.6. The number of benzene rings is 1. The van der Waals surface area contributed by atoms with Crippen LogP contribution in [0.1, 0.15) is 78.6 Å². The molecule has 4 saturated carbocycles. The Morgan fingerprint density at radius 2 is 1.87 bits per heavy atom. The van der Waals surface area contributed by atoms with E-state index in [4.69, 9.17) is 4.18 Å². The van der Waals surface area contributed by atoms with Crippen molar-refractivity contribution in [2.24, 2.45) is 46.3 Å². The van der Waals surface area contributed by atoms with E-state index in [0.717, 1.165) is 50.6 Å². The van der Waals surface area contributed by atoms with Crippen molar-refractivity contribution < 1.29 is 29.2 Å². The number of aliphatic hydroxyl groups excluding tert-OH is 3. The highest BCUT2D eigenvalue weighted by Crippen LogP contribution is 2.68. The summed E-state index contributed by atoms with van der Waals surface area (Å²) < 4.78 is 5.31. The molecule has 3 N–H and O–H groups in total. The second-order valence-electron chi connectivity index (χ2n) is 13.3. The van der Waals surface area contributed by atoms with Gasteiger partial charge in [0.1, 0.15) is 16.9 Å². The van der Waals surface area contributed by atoms with Gasteiger partial charge < -0.3 is 19.5 Å². The Morgan fingerprint density at radius 1 is 1.13 bits per heavy atom. The van der Waals surface area contributed by atoms with Gasteiger partial charge in [0.15, 0.2) is 0 Å². The van der Waals surface area contributed by atoms with Crippen molar-refractivity contribution in [2.75, 3.05) is 0 Å². The third kappa shape index (κ3) is 5.02. The van der Waals surface area contributed by atoms with E-state index in [2.05, 4.69) is 20.8 Å². The van der Waals surface area contributed by atoms with Crippen molar-refractivity contribution in [2.45, 2.75) is 102 Å². The molecule has 0 bridgehead atoms. The number of rotatable bonds is 7. The van der Waals surface area contributed by atoms with Gasteiger partial charge in [-0.25, -0.2) is 0 Å². The fourth-order valence-electron chi connectivity index (χ4n) is 9.49. The third-order valence-corrected chi connectivity index (χ3v) is 12.4. The summed E-state index contributed by atoms with van der Waals surface area (Å²) in [5, 5.41) is 44.7. The predicted octanol–water partition coefficient (Wildman–Crippen LogP) is 5.52. The normalized spacial score (nSPS) is 42.1. The first-order valence-electron chi connectivity index (χ1n) is 14.6. The number of nitro benzene ring substituents is 1. The van der Waals surface area contributed by atoms with Crippen molar-refractivity contribution >= 4 is 23.7 Å². The first kappa shape index (κ1) is 28.8. The molecule has 1 aromatic rings. The average Bonchev–Trinajstić information content (AvgIpc) is 3.26. The van der Waals surface area contributed by atoms with Crippen LogP contribution in [0.25, 0.3) is 0 Å². The van der Waals surface area contributed by atoms with Gasteiger partial charge >= 0.3 is 5.97 Å². The van der Waals surface area contributed by atoms with E-state index in [1.54, 1.807) is 18.2 Å². The highest BCUT2D eigenvalue weighted by atomic mass is 32.2. The largest absolute Gasteiger partial charge is 0.393 e. The molecule has 0 aliphatic heterocycles. The SMILES string of the molecule is C[C@H](CCC(=O)OSc1ccccc1[N+](=O)[O-])[C@H]1CC[C@H]2[C@@H]3[C@H](O)C[C@@H]4C[C@H](O)CC[C@]4(C)[C@H]3C[C@H](O)[C@]12C. The summed E-state index contributed by atoms with van der Waals surface area (Å²) in [6.45, 7) is 6.70. The van der Waals surface area contributed by atoms with E-state index in [9.17, 15) is 30.2 Å². The molecule has 216 valence electrons. The first-order valence-corrected chi connectivity index (χ1v) is 15.4. The maximum Gasteiger partial charge on any atom is 0.318 e. The second-order valence-corrected chi connectivity index (χ2v) is 14.1. The molecule has 0 amide bonds. The van der Waals surface area contributed by atoms with Crippen LogP contribution in [0.15, 0.2) is 29.2 Å². The molecule has 11 atom stereocenters. The number of aliphatic hydroxyl groups is 3. The monoisotopic (exact) mass is 561 g/mol. The molecule has 5 rings (SSSR count). The molecule has 1 aromatic carbocycles. The summed E-state index contributed by atoms with van der Waals surface area (Å²) in [5.41, 5.74) is -0.361. The molecule has 4 aliphatic carbocycles. The van der Waals surface area contributed by atoms with Crippen LogP contribution >= 0.6 is 12.0 Å². The molecule has 39 heavy (non-hydrogen) atoms. The zero-order valence-corrected chi connectivity index (χ0v) is 24.0. The van der Waals surface area contributed by atoms with Crippen LogP contribution in [0.2, 0.25) is 0 Å². The second kappa shape index (κ2) is 11.0. The van der Waals surface area contributed by atoms with Gasteiger partial charge in [0.2, 0.25) is 0 Å². The lowest BCUT2D eigenvalue weighted by Crippen LogP contribution is -2.62. The highest BCUT2D eigenvalue weighted by Gasteiger charge is 2.65. The van der Waals surface area contributed by atoms with Gasteiger partial charge in [-0.15, -0.1) is 0 Å². The topological polar surface area (TPSA) is 130 Å². The average molecular weight is 562 g/mol. The molecule has 0 aromatic heterocycles. The maximum atomic E-state index is 12.6. The van der Waals surface area contributed by atoms with Crippen LogP contribution in [-0.4, -0.2) is 44.5 Å². The molecule has 4 fully saturated rings. The van der Waals surface area contributed by atoms with Gasteiger partial charge in [0.25, 0.3) is 5.69 Å².